The standard InChI is InChI=1S/C13H17N3/c1-5-9-12(7-3)11-16-13(14-8-4)15-10-6-2/h5-10H,1-4,11H2,(H,14,16)/b12-9+,15-10?. The van der Waals surface area contributed by atoms with Crippen molar-refractivity contribution < 1.29 is 0 Å². The number of aliphatic imine (C=N–C) groups is 2. The van der Waals surface area contributed by atoms with Gasteiger partial charge in [-0.15, -0.1) is 0 Å². The van der Waals surface area contributed by atoms with Gasteiger partial charge in [0.2, 0.25) is 5.96 Å². The molecule has 0 aromatic heterocycles. The van der Waals surface area contributed by atoms with Crippen LogP contribution in [-0.4, -0.2) is 18.7 Å². The van der Waals surface area contributed by atoms with Gasteiger partial charge in [0.25, 0.3) is 0 Å². The predicted molar refractivity (Wildman–Crippen MR) is 72.8 cm³/mol. The maximum atomic E-state index is 4.24. The molecule has 0 unspecified atom stereocenters. The lowest BCUT2D eigenvalue weighted by Gasteiger charge is -2.00. The highest BCUT2D eigenvalue weighted by molar-refractivity contribution is 5.91. The second-order valence-electron chi connectivity index (χ2n) is 2.68. The first-order valence-corrected chi connectivity index (χ1v) is 4.79. The van der Waals surface area contributed by atoms with E-state index in [1.54, 1.807) is 24.4 Å². The Bertz CT molecular complexity index is 346. The molecule has 3 nitrogen and oxygen atoms in total. The van der Waals surface area contributed by atoms with Crippen molar-refractivity contribution in [3.05, 3.63) is 62.4 Å². The van der Waals surface area contributed by atoms with Crippen LogP contribution in [0.15, 0.2) is 72.4 Å². The first kappa shape index (κ1) is 13.8. The van der Waals surface area contributed by atoms with Crippen molar-refractivity contribution in [2.45, 2.75) is 0 Å². The van der Waals surface area contributed by atoms with Gasteiger partial charge in [0, 0.05) is 6.21 Å². The summed E-state index contributed by atoms with van der Waals surface area (Å²) >= 11 is 0. The van der Waals surface area contributed by atoms with E-state index in [-0.39, 0.29) is 0 Å². The topological polar surface area (TPSA) is 36.8 Å². The molecule has 0 saturated heterocycles. The smallest absolute Gasteiger partial charge is 0.222 e. The van der Waals surface area contributed by atoms with Crippen LogP contribution in [0.1, 0.15) is 0 Å². The Labute approximate surface area is 97.0 Å². The van der Waals surface area contributed by atoms with Crippen molar-refractivity contribution in [3.63, 3.8) is 0 Å². The van der Waals surface area contributed by atoms with Gasteiger partial charge in [-0.05, 0) is 11.8 Å². The van der Waals surface area contributed by atoms with Crippen molar-refractivity contribution in [2.75, 3.05) is 6.54 Å². The first-order valence-electron chi connectivity index (χ1n) is 4.79. The minimum Gasteiger partial charge on any atom is -0.332 e. The van der Waals surface area contributed by atoms with Gasteiger partial charge in [0.1, 0.15) is 0 Å². The largest absolute Gasteiger partial charge is 0.332 e. The molecule has 0 aromatic rings. The summed E-state index contributed by atoms with van der Waals surface area (Å²) < 4.78 is 0. The van der Waals surface area contributed by atoms with Crippen molar-refractivity contribution in [1.82, 2.24) is 5.32 Å². The second-order valence-corrected chi connectivity index (χ2v) is 2.68. The lowest BCUT2D eigenvalue weighted by atomic mass is 10.2. The molecule has 0 rings (SSSR count). The number of allylic oxidation sites excluding steroid dienone is 3. The first-order chi connectivity index (χ1) is 7.78. The number of hydrogen-bond acceptors (Lipinski definition) is 1. The summed E-state index contributed by atoms with van der Waals surface area (Å²) in [5, 5.41) is 2.82. The molecule has 0 radical (unpaired) electrons. The molecule has 84 valence electrons. The molecule has 0 aromatic carbocycles. The fourth-order valence-corrected chi connectivity index (χ4v) is 0.841. The van der Waals surface area contributed by atoms with Gasteiger partial charge >= 0.3 is 0 Å². The Morgan fingerprint density at radius 1 is 1.12 bits per heavy atom. The summed E-state index contributed by atoms with van der Waals surface area (Å²) in [4.78, 5) is 8.28. The van der Waals surface area contributed by atoms with E-state index in [2.05, 4.69) is 41.6 Å². The molecule has 0 spiro atoms. The number of guanidine groups is 1. The van der Waals surface area contributed by atoms with Crippen molar-refractivity contribution in [3.8, 4) is 0 Å². The predicted octanol–water partition coefficient (Wildman–Crippen LogP) is 2.63. The lowest BCUT2D eigenvalue weighted by Crippen LogP contribution is -2.15. The van der Waals surface area contributed by atoms with Gasteiger partial charge in [-0.25, -0.2) is 9.98 Å². The van der Waals surface area contributed by atoms with E-state index < -0.39 is 0 Å². The molecule has 3 heteroatoms. The highest BCUT2D eigenvalue weighted by atomic mass is 15.1. The summed E-state index contributed by atoms with van der Waals surface area (Å²) in [6, 6.07) is 0. The van der Waals surface area contributed by atoms with Gasteiger partial charge in [-0.3, -0.25) is 0 Å². The van der Waals surface area contributed by atoms with E-state index in [0.29, 0.717) is 12.5 Å². The van der Waals surface area contributed by atoms with Gasteiger partial charge in [-0.1, -0.05) is 50.6 Å². The number of nitrogens with one attached hydrogen (secondary N) is 1. The van der Waals surface area contributed by atoms with Crippen LogP contribution in [0.25, 0.3) is 0 Å². The monoisotopic (exact) mass is 215 g/mol. The summed E-state index contributed by atoms with van der Waals surface area (Å²) in [7, 11) is 0. The Morgan fingerprint density at radius 2 is 1.88 bits per heavy atom. The number of hydrogen-bond donors (Lipinski definition) is 1. The quantitative estimate of drug-likeness (QED) is 0.413. The van der Waals surface area contributed by atoms with Crippen LogP contribution in [0.4, 0.5) is 0 Å². The van der Waals surface area contributed by atoms with Crippen LogP contribution in [0.3, 0.4) is 0 Å². The van der Waals surface area contributed by atoms with Crippen molar-refractivity contribution in [1.29, 1.82) is 0 Å². The van der Waals surface area contributed by atoms with Crippen LogP contribution in [0.2, 0.25) is 0 Å². The van der Waals surface area contributed by atoms with Crippen LogP contribution < -0.4 is 5.32 Å². The summed E-state index contributed by atoms with van der Waals surface area (Å²) in [6.45, 7) is 14.9. The Hall–Kier alpha value is -2.16. The fraction of sp³-hybridized carbons (Fsp3) is 0.0769. The second kappa shape index (κ2) is 9.40. The zero-order valence-electron chi connectivity index (χ0n) is 9.39. The summed E-state index contributed by atoms with van der Waals surface area (Å²) in [5.74, 6) is 0.478. The van der Waals surface area contributed by atoms with Gasteiger partial charge in [0.05, 0.1) is 6.54 Å². The molecule has 0 amide bonds. The Balaban J connectivity index is 4.65. The third-order valence-corrected chi connectivity index (χ3v) is 1.54. The average molecular weight is 215 g/mol. The van der Waals surface area contributed by atoms with Crippen molar-refractivity contribution in [2.24, 2.45) is 9.98 Å². The molecular weight excluding hydrogens is 198 g/mol. The third kappa shape index (κ3) is 6.32. The molecule has 0 aliphatic rings. The van der Waals surface area contributed by atoms with E-state index in [0.717, 1.165) is 5.57 Å². The van der Waals surface area contributed by atoms with Crippen LogP contribution in [0, 0.1) is 0 Å². The molecular formula is C13H17N3. The van der Waals surface area contributed by atoms with Gasteiger partial charge in [-0.2, -0.15) is 0 Å². The SMILES string of the molecule is C=CC=NC(=NC/C(C=C)=C/C=C)NC=C. The minimum atomic E-state index is 0.478. The zero-order valence-corrected chi connectivity index (χ0v) is 9.39. The van der Waals surface area contributed by atoms with Crippen LogP contribution >= 0.6 is 0 Å². The van der Waals surface area contributed by atoms with E-state index in [9.17, 15) is 0 Å². The van der Waals surface area contributed by atoms with Gasteiger partial charge in [0.15, 0.2) is 0 Å². The highest BCUT2D eigenvalue weighted by Crippen LogP contribution is 1.97. The maximum absolute atomic E-state index is 4.24. The number of nitrogens with zero attached hydrogens (tertiary/aromatic N) is 2. The molecule has 0 heterocycles. The molecule has 0 aliphatic carbocycles. The number of rotatable bonds is 6. The maximum Gasteiger partial charge on any atom is 0.222 e. The van der Waals surface area contributed by atoms with Crippen molar-refractivity contribution >= 4 is 12.2 Å². The molecule has 0 atom stereocenters. The van der Waals surface area contributed by atoms with E-state index in [1.807, 2.05) is 6.08 Å². The summed E-state index contributed by atoms with van der Waals surface area (Å²) in [5.41, 5.74) is 0.965. The fourth-order valence-electron chi connectivity index (χ4n) is 0.841. The summed E-state index contributed by atoms with van der Waals surface area (Å²) in [6.07, 6.45) is 9.92. The van der Waals surface area contributed by atoms with E-state index >= 15 is 0 Å². The Morgan fingerprint density at radius 3 is 2.38 bits per heavy atom. The van der Waals surface area contributed by atoms with Crippen LogP contribution in [-0.2, 0) is 0 Å². The molecule has 16 heavy (non-hydrogen) atoms. The molecule has 0 bridgehead atoms. The lowest BCUT2D eigenvalue weighted by molar-refractivity contribution is 1.11. The molecule has 0 aliphatic heterocycles. The van der Waals surface area contributed by atoms with Crippen LogP contribution in [0.5, 0.6) is 0 Å². The molecule has 0 fully saturated rings. The Kier molecular flexibility index (Phi) is 8.13. The third-order valence-electron chi connectivity index (χ3n) is 1.54. The molecule has 1 N–H and O–H groups in total. The van der Waals surface area contributed by atoms with E-state index in [4.69, 9.17) is 0 Å². The average Bonchev–Trinajstić information content (AvgIpc) is 2.30. The normalized spacial score (nSPS) is 12.2. The minimum absolute atomic E-state index is 0.478. The highest BCUT2D eigenvalue weighted by Gasteiger charge is 1.92. The molecule has 0 saturated carbocycles. The van der Waals surface area contributed by atoms with Gasteiger partial charge < -0.3 is 5.32 Å². The van der Waals surface area contributed by atoms with E-state index in [1.165, 1.54) is 6.20 Å². The zero-order chi connectivity index (χ0) is 12.2.